The van der Waals surface area contributed by atoms with Crippen molar-refractivity contribution in [2.24, 2.45) is 0 Å². The molecule has 0 saturated carbocycles. The molecule has 1 amide bonds. The Morgan fingerprint density at radius 1 is 1.09 bits per heavy atom. The molecule has 10 heteroatoms. The molecule has 4 aromatic rings. The maximum absolute atomic E-state index is 13.3. The van der Waals surface area contributed by atoms with Crippen molar-refractivity contribution < 1.29 is 29.3 Å². The molecule has 1 unspecified atom stereocenters. The number of aliphatic hydroxyl groups is 1. The summed E-state index contributed by atoms with van der Waals surface area (Å²) in [6.07, 6.45) is 0. The number of ketones is 1. The molecule has 2 aromatic heterocycles. The lowest BCUT2D eigenvalue weighted by atomic mass is 9.99. The van der Waals surface area contributed by atoms with Crippen molar-refractivity contribution in [2.45, 2.75) is 13.0 Å². The Morgan fingerprint density at radius 3 is 2.51 bits per heavy atom. The van der Waals surface area contributed by atoms with E-state index < -0.39 is 23.7 Å². The first-order valence-electron chi connectivity index (χ1n) is 10.4. The van der Waals surface area contributed by atoms with Crippen molar-refractivity contribution >= 4 is 61.4 Å². The van der Waals surface area contributed by atoms with Gasteiger partial charge in [0.1, 0.15) is 17.6 Å². The zero-order chi connectivity index (χ0) is 24.9. The Labute approximate surface area is 207 Å². The number of nitrogens with zero attached hydrogens (tertiary/aromatic N) is 2. The molecule has 8 nitrogen and oxygen atoms in total. The van der Waals surface area contributed by atoms with Gasteiger partial charge in [0.05, 0.1) is 28.5 Å². The third-order valence-corrected chi connectivity index (χ3v) is 7.70. The number of ether oxygens (including phenoxy) is 1. The molecule has 1 saturated heterocycles. The molecular formula is C25H18N2O6S2. The predicted octanol–water partition coefficient (Wildman–Crippen LogP) is 5.00. The number of aromatic nitrogens is 1. The highest BCUT2D eigenvalue weighted by molar-refractivity contribution is 7.22. The van der Waals surface area contributed by atoms with E-state index in [1.165, 1.54) is 28.4 Å². The smallest absolute Gasteiger partial charge is 0.335 e. The number of thiophene rings is 1. The monoisotopic (exact) mass is 506 g/mol. The largest absolute Gasteiger partial charge is 0.507 e. The second-order valence-electron chi connectivity index (χ2n) is 7.85. The van der Waals surface area contributed by atoms with E-state index in [1.807, 2.05) is 12.3 Å². The molecule has 1 aliphatic rings. The first-order valence-corrected chi connectivity index (χ1v) is 12.1. The molecule has 0 aliphatic carbocycles. The van der Waals surface area contributed by atoms with Gasteiger partial charge in [0.15, 0.2) is 5.13 Å². The van der Waals surface area contributed by atoms with E-state index in [9.17, 15) is 24.6 Å². The van der Waals surface area contributed by atoms with Crippen molar-refractivity contribution in [1.29, 1.82) is 0 Å². The van der Waals surface area contributed by atoms with E-state index in [1.54, 1.807) is 43.5 Å². The Hall–Kier alpha value is -4.02. The lowest BCUT2D eigenvalue weighted by Gasteiger charge is -2.21. The molecule has 5 rings (SSSR count). The second-order valence-corrected chi connectivity index (χ2v) is 9.84. The van der Waals surface area contributed by atoms with Crippen molar-refractivity contribution in [1.82, 2.24) is 4.98 Å². The van der Waals surface area contributed by atoms with Crippen molar-refractivity contribution in [3.05, 3.63) is 81.1 Å². The number of Topliss-reactive ketones (excluding diaryl/α,β-unsaturated/α-hetero) is 1. The van der Waals surface area contributed by atoms with E-state index in [4.69, 9.17) is 4.74 Å². The van der Waals surface area contributed by atoms with Crippen LogP contribution in [0.25, 0.3) is 16.0 Å². The molecule has 35 heavy (non-hydrogen) atoms. The molecule has 1 atom stereocenters. The summed E-state index contributed by atoms with van der Waals surface area (Å²) in [7, 11) is 1.54. The van der Waals surface area contributed by atoms with E-state index >= 15 is 0 Å². The Balaban J connectivity index is 1.68. The average molecular weight is 507 g/mol. The molecule has 2 N–H and O–H groups in total. The van der Waals surface area contributed by atoms with Gasteiger partial charge >= 0.3 is 11.9 Å². The highest BCUT2D eigenvalue weighted by Gasteiger charge is 2.48. The molecule has 0 spiro atoms. The van der Waals surface area contributed by atoms with Crippen LogP contribution in [0.1, 0.15) is 32.4 Å². The van der Waals surface area contributed by atoms with Crippen LogP contribution in [-0.2, 0) is 9.59 Å². The van der Waals surface area contributed by atoms with E-state index in [0.717, 1.165) is 16.9 Å². The lowest BCUT2D eigenvalue weighted by molar-refractivity contribution is -0.132. The van der Waals surface area contributed by atoms with Gasteiger partial charge in [-0.15, -0.1) is 11.3 Å². The van der Waals surface area contributed by atoms with Crippen LogP contribution in [-0.4, -0.2) is 40.0 Å². The van der Waals surface area contributed by atoms with Crippen LogP contribution >= 0.6 is 22.7 Å². The number of carbonyl (C=O) groups excluding carboxylic acids is 2. The second kappa shape index (κ2) is 8.64. The number of carboxylic acid groups (broad SMARTS) is 1. The number of aliphatic hydroxyl groups excluding tert-OH is 1. The molecule has 3 heterocycles. The number of carbonyl (C=O) groups is 3. The summed E-state index contributed by atoms with van der Waals surface area (Å²) in [5.41, 5.74) is 1.72. The van der Waals surface area contributed by atoms with Gasteiger partial charge in [-0.05, 0) is 60.3 Å². The number of hydrogen-bond donors (Lipinski definition) is 2. The fraction of sp³-hybridized carbons (Fsp3) is 0.120. The van der Waals surface area contributed by atoms with E-state index in [0.29, 0.717) is 26.4 Å². The van der Waals surface area contributed by atoms with Gasteiger partial charge in [-0.25, -0.2) is 9.78 Å². The summed E-state index contributed by atoms with van der Waals surface area (Å²) in [6.45, 7) is 1.82. The number of methoxy groups -OCH3 is 1. The van der Waals surface area contributed by atoms with Crippen LogP contribution in [0, 0.1) is 6.92 Å². The Kier molecular flexibility index (Phi) is 5.62. The van der Waals surface area contributed by atoms with Crippen LogP contribution in [0.15, 0.2) is 59.5 Å². The minimum atomic E-state index is -1.07. The predicted molar refractivity (Wildman–Crippen MR) is 133 cm³/mol. The maximum atomic E-state index is 13.3. The van der Waals surface area contributed by atoms with Gasteiger partial charge < -0.3 is 14.9 Å². The van der Waals surface area contributed by atoms with Crippen LogP contribution < -0.4 is 9.64 Å². The standard InChI is InChI=1S/C25H18N2O6S2/c1-12-10-13(6-8-16(12)33-2)21(28)19-20(17-4-3-9-34-17)27(23(30)22(19)29)25-26-15-7-5-14(24(31)32)11-18(15)35-25/h3-11,20,28H,1-2H3,(H,31,32)/b21-19+. The number of thiazole rings is 1. The van der Waals surface area contributed by atoms with Crippen molar-refractivity contribution in [3.8, 4) is 5.75 Å². The highest BCUT2D eigenvalue weighted by Crippen LogP contribution is 2.45. The molecular weight excluding hydrogens is 488 g/mol. The molecule has 0 bridgehead atoms. The lowest BCUT2D eigenvalue weighted by Crippen LogP contribution is -2.28. The van der Waals surface area contributed by atoms with Crippen LogP contribution in [0.4, 0.5) is 5.13 Å². The molecule has 176 valence electrons. The van der Waals surface area contributed by atoms with E-state index in [-0.39, 0.29) is 22.0 Å². The van der Waals surface area contributed by atoms with E-state index in [2.05, 4.69) is 4.98 Å². The number of hydrogen-bond acceptors (Lipinski definition) is 8. The van der Waals surface area contributed by atoms with Gasteiger partial charge in [-0.3, -0.25) is 14.5 Å². The van der Waals surface area contributed by atoms with Crippen molar-refractivity contribution in [2.75, 3.05) is 12.0 Å². The number of amides is 1. The van der Waals surface area contributed by atoms with Gasteiger partial charge in [-0.2, -0.15) is 0 Å². The summed E-state index contributed by atoms with van der Waals surface area (Å²) in [5, 5.41) is 22.6. The van der Waals surface area contributed by atoms with Gasteiger partial charge in [0.2, 0.25) is 0 Å². The summed E-state index contributed by atoms with van der Waals surface area (Å²) < 4.78 is 5.85. The topological polar surface area (TPSA) is 117 Å². The fourth-order valence-electron chi connectivity index (χ4n) is 4.08. The Bertz CT molecular complexity index is 1540. The third kappa shape index (κ3) is 3.76. The van der Waals surface area contributed by atoms with Gasteiger partial charge in [-0.1, -0.05) is 17.4 Å². The summed E-state index contributed by atoms with van der Waals surface area (Å²) in [6, 6.07) is 12.2. The summed E-state index contributed by atoms with van der Waals surface area (Å²) >= 11 is 2.46. The summed E-state index contributed by atoms with van der Waals surface area (Å²) in [5.74, 6) is -2.36. The molecule has 1 fully saturated rings. The number of rotatable bonds is 5. The van der Waals surface area contributed by atoms with Crippen LogP contribution in [0.5, 0.6) is 5.75 Å². The minimum absolute atomic E-state index is 0.0347. The quantitative estimate of drug-likeness (QED) is 0.222. The number of aromatic carboxylic acids is 1. The number of carboxylic acids is 1. The van der Waals surface area contributed by atoms with Crippen LogP contribution in [0.3, 0.4) is 0 Å². The number of aryl methyl sites for hydroxylation is 1. The van der Waals surface area contributed by atoms with Crippen LogP contribution in [0.2, 0.25) is 0 Å². The molecule has 0 radical (unpaired) electrons. The normalized spacial score (nSPS) is 17.3. The first-order chi connectivity index (χ1) is 16.8. The average Bonchev–Trinajstić information content (AvgIpc) is 3.56. The number of benzene rings is 2. The fourth-order valence-corrected chi connectivity index (χ4v) is 5.93. The van der Waals surface area contributed by atoms with Crippen molar-refractivity contribution in [3.63, 3.8) is 0 Å². The molecule has 2 aromatic carbocycles. The number of anilines is 1. The van der Waals surface area contributed by atoms with Gasteiger partial charge in [0, 0.05) is 10.4 Å². The SMILES string of the molecule is COc1ccc(/C(O)=C2\C(=O)C(=O)N(c3nc4ccc(C(=O)O)cc4s3)C2c2cccs2)cc1C. The first kappa shape index (κ1) is 22.8. The maximum Gasteiger partial charge on any atom is 0.335 e. The third-order valence-electron chi connectivity index (χ3n) is 5.76. The minimum Gasteiger partial charge on any atom is -0.507 e. The zero-order valence-electron chi connectivity index (χ0n) is 18.5. The van der Waals surface area contributed by atoms with Gasteiger partial charge in [0.25, 0.3) is 5.78 Å². The Morgan fingerprint density at radius 2 is 1.86 bits per heavy atom. The number of fused-ring (bicyclic) bond motifs is 1. The highest BCUT2D eigenvalue weighted by atomic mass is 32.1. The summed E-state index contributed by atoms with van der Waals surface area (Å²) in [4.78, 5) is 44.3. The molecule has 1 aliphatic heterocycles. The zero-order valence-corrected chi connectivity index (χ0v) is 20.1.